The molecule has 1 saturated heterocycles. The van der Waals surface area contributed by atoms with Gasteiger partial charge in [-0.2, -0.15) is 0 Å². The number of anilines is 1. The molecule has 0 aromatic heterocycles. The van der Waals surface area contributed by atoms with Crippen LogP contribution in [0.4, 0.5) is 5.69 Å². The molecule has 1 aliphatic heterocycles. The van der Waals surface area contributed by atoms with Crippen LogP contribution >= 0.6 is 0 Å². The van der Waals surface area contributed by atoms with Gasteiger partial charge >= 0.3 is 0 Å². The average molecular weight is 217 g/mol. The van der Waals surface area contributed by atoms with Crippen LogP contribution in [0.15, 0.2) is 36.9 Å². The van der Waals surface area contributed by atoms with E-state index < -0.39 is 0 Å². The van der Waals surface area contributed by atoms with Crippen LogP contribution < -0.4 is 9.64 Å². The van der Waals surface area contributed by atoms with Crippen LogP contribution in [0.25, 0.3) is 0 Å². The largest absolute Gasteiger partial charge is 0.487 e. The minimum Gasteiger partial charge on any atom is -0.487 e. The zero-order valence-corrected chi connectivity index (χ0v) is 9.69. The molecule has 1 aromatic rings. The maximum Gasteiger partial charge on any atom is 0.143 e. The summed E-state index contributed by atoms with van der Waals surface area (Å²) in [6, 6.07) is 8.27. The third-order valence-electron chi connectivity index (χ3n) is 2.92. The molecular weight excluding hydrogens is 198 g/mol. The highest BCUT2D eigenvalue weighted by molar-refractivity contribution is 5.58. The van der Waals surface area contributed by atoms with Gasteiger partial charge in [-0.3, -0.25) is 0 Å². The number of hydrogen-bond donors (Lipinski definition) is 0. The Kier molecular flexibility index (Phi) is 3.86. The van der Waals surface area contributed by atoms with Crippen LogP contribution in [0.2, 0.25) is 0 Å². The van der Waals surface area contributed by atoms with Gasteiger partial charge in [-0.25, -0.2) is 0 Å². The molecular formula is C14H19NO. The molecule has 0 saturated carbocycles. The number of rotatable bonds is 4. The predicted molar refractivity (Wildman–Crippen MR) is 68.2 cm³/mol. The Labute approximate surface area is 97.5 Å². The molecule has 2 heteroatoms. The highest BCUT2D eigenvalue weighted by atomic mass is 16.5. The van der Waals surface area contributed by atoms with E-state index in [1.165, 1.54) is 24.9 Å². The van der Waals surface area contributed by atoms with Gasteiger partial charge in [-0.1, -0.05) is 24.8 Å². The van der Waals surface area contributed by atoms with Gasteiger partial charge in [-0.15, -0.1) is 0 Å². The van der Waals surface area contributed by atoms with Gasteiger partial charge in [0.05, 0.1) is 5.69 Å². The molecule has 1 aliphatic rings. The van der Waals surface area contributed by atoms with E-state index in [0.717, 1.165) is 18.8 Å². The van der Waals surface area contributed by atoms with Crippen molar-refractivity contribution in [3.8, 4) is 5.75 Å². The van der Waals surface area contributed by atoms with Crippen LogP contribution in [0.3, 0.4) is 0 Å². The molecule has 0 radical (unpaired) electrons. The van der Waals surface area contributed by atoms with E-state index in [1.54, 1.807) is 6.08 Å². The summed E-state index contributed by atoms with van der Waals surface area (Å²) in [7, 11) is 0. The van der Waals surface area contributed by atoms with Gasteiger partial charge in [0.25, 0.3) is 0 Å². The summed E-state index contributed by atoms with van der Waals surface area (Å²) in [4.78, 5) is 2.42. The van der Waals surface area contributed by atoms with Gasteiger partial charge in [0.15, 0.2) is 0 Å². The summed E-state index contributed by atoms with van der Waals surface area (Å²) in [5.41, 5.74) is 1.23. The summed E-state index contributed by atoms with van der Waals surface area (Å²) >= 11 is 0. The van der Waals surface area contributed by atoms with Crippen molar-refractivity contribution in [3.63, 3.8) is 0 Å². The van der Waals surface area contributed by atoms with E-state index in [2.05, 4.69) is 23.6 Å². The summed E-state index contributed by atoms with van der Waals surface area (Å²) in [5, 5.41) is 0. The molecule has 0 aliphatic carbocycles. The molecule has 1 fully saturated rings. The lowest BCUT2D eigenvalue weighted by molar-refractivity contribution is 0.362. The molecule has 0 spiro atoms. The average Bonchev–Trinajstić information content (AvgIpc) is 2.38. The first-order chi connectivity index (χ1) is 7.92. The lowest BCUT2D eigenvalue weighted by Crippen LogP contribution is -2.29. The van der Waals surface area contributed by atoms with Crippen molar-refractivity contribution in [1.82, 2.24) is 0 Å². The molecule has 0 amide bonds. The maximum absolute atomic E-state index is 5.68. The first-order valence-corrected chi connectivity index (χ1v) is 5.99. The van der Waals surface area contributed by atoms with Gasteiger partial charge < -0.3 is 9.64 Å². The van der Waals surface area contributed by atoms with Crippen molar-refractivity contribution in [2.75, 3.05) is 24.6 Å². The zero-order valence-electron chi connectivity index (χ0n) is 9.69. The first kappa shape index (κ1) is 11.1. The first-order valence-electron chi connectivity index (χ1n) is 5.99. The van der Waals surface area contributed by atoms with Crippen molar-refractivity contribution in [3.05, 3.63) is 36.9 Å². The van der Waals surface area contributed by atoms with Crippen LogP contribution in [-0.4, -0.2) is 19.7 Å². The van der Waals surface area contributed by atoms with Gasteiger partial charge in [0.1, 0.15) is 12.4 Å². The van der Waals surface area contributed by atoms with Crippen LogP contribution in [0.5, 0.6) is 5.75 Å². The van der Waals surface area contributed by atoms with E-state index in [1.807, 2.05) is 12.1 Å². The highest BCUT2D eigenvalue weighted by Crippen LogP contribution is 2.30. The van der Waals surface area contributed by atoms with Crippen molar-refractivity contribution in [1.29, 1.82) is 0 Å². The zero-order chi connectivity index (χ0) is 11.2. The Morgan fingerprint density at radius 2 is 1.94 bits per heavy atom. The lowest BCUT2D eigenvalue weighted by Gasteiger charge is -2.30. The summed E-state index contributed by atoms with van der Waals surface area (Å²) in [6.07, 6.45) is 5.71. The molecule has 86 valence electrons. The topological polar surface area (TPSA) is 12.5 Å². The van der Waals surface area contributed by atoms with Crippen molar-refractivity contribution < 1.29 is 4.74 Å². The molecule has 0 atom stereocenters. The molecule has 1 heterocycles. The van der Waals surface area contributed by atoms with Crippen molar-refractivity contribution >= 4 is 5.69 Å². The Hall–Kier alpha value is -1.44. The Morgan fingerprint density at radius 1 is 1.19 bits per heavy atom. The van der Waals surface area contributed by atoms with Gasteiger partial charge in [0.2, 0.25) is 0 Å². The number of nitrogens with zero attached hydrogens (tertiary/aromatic N) is 1. The maximum atomic E-state index is 5.68. The second-order valence-corrected chi connectivity index (χ2v) is 4.12. The number of hydrogen-bond acceptors (Lipinski definition) is 2. The minimum atomic E-state index is 0.574. The molecule has 1 aromatic carbocycles. The quantitative estimate of drug-likeness (QED) is 0.718. The Bertz CT molecular complexity index is 342. The summed E-state index contributed by atoms with van der Waals surface area (Å²) in [5.74, 6) is 0.976. The van der Waals surface area contributed by atoms with Crippen LogP contribution in [-0.2, 0) is 0 Å². The van der Waals surface area contributed by atoms with Crippen LogP contribution in [0, 0.1) is 0 Å². The fourth-order valence-corrected chi connectivity index (χ4v) is 2.12. The monoisotopic (exact) mass is 217 g/mol. The lowest BCUT2D eigenvalue weighted by atomic mass is 10.1. The Balaban J connectivity index is 2.14. The number of ether oxygens (including phenoxy) is 1. The van der Waals surface area contributed by atoms with E-state index in [-0.39, 0.29) is 0 Å². The highest BCUT2D eigenvalue weighted by Gasteiger charge is 2.14. The Morgan fingerprint density at radius 3 is 2.69 bits per heavy atom. The predicted octanol–water partition coefficient (Wildman–Crippen LogP) is 3.24. The van der Waals surface area contributed by atoms with Gasteiger partial charge in [-0.05, 0) is 31.4 Å². The molecule has 0 N–H and O–H groups in total. The summed E-state index contributed by atoms with van der Waals surface area (Å²) in [6.45, 7) is 6.55. The van der Waals surface area contributed by atoms with E-state index in [9.17, 15) is 0 Å². The number of benzene rings is 1. The molecule has 2 nitrogen and oxygen atoms in total. The fraction of sp³-hybridized carbons (Fsp3) is 0.429. The van der Waals surface area contributed by atoms with Gasteiger partial charge in [0, 0.05) is 13.1 Å². The summed E-state index contributed by atoms with van der Waals surface area (Å²) < 4.78 is 5.68. The van der Waals surface area contributed by atoms with Crippen molar-refractivity contribution in [2.24, 2.45) is 0 Å². The molecule has 0 bridgehead atoms. The van der Waals surface area contributed by atoms with E-state index >= 15 is 0 Å². The number of para-hydroxylation sites is 2. The smallest absolute Gasteiger partial charge is 0.143 e. The van der Waals surface area contributed by atoms with E-state index in [0.29, 0.717) is 6.61 Å². The number of piperidine rings is 1. The normalized spacial score (nSPS) is 15.9. The minimum absolute atomic E-state index is 0.574. The SMILES string of the molecule is C=CCOc1ccccc1N1CCCCC1. The third-order valence-corrected chi connectivity index (χ3v) is 2.92. The van der Waals surface area contributed by atoms with Crippen molar-refractivity contribution in [2.45, 2.75) is 19.3 Å². The molecule has 16 heavy (non-hydrogen) atoms. The second-order valence-electron chi connectivity index (χ2n) is 4.12. The second kappa shape index (κ2) is 5.59. The molecule has 0 unspecified atom stereocenters. The fourth-order valence-electron chi connectivity index (χ4n) is 2.12. The van der Waals surface area contributed by atoms with E-state index in [4.69, 9.17) is 4.74 Å². The standard InChI is InChI=1S/C14H19NO/c1-2-12-16-14-9-5-4-8-13(14)15-10-6-3-7-11-15/h2,4-5,8-9H,1,3,6-7,10-12H2. The third kappa shape index (κ3) is 2.57. The van der Waals surface area contributed by atoms with Crippen LogP contribution in [0.1, 0.15) is 19.3 Å². The molecule has 2 rings (SSSR count).